The number of aryl methyl sites for hydroxylation is 1. The van der Waals surface area contributed by atoms with E-state index in [1.165, 1.54) is 6.33 Å². The van der Waals surface area contributed by atoms with E-state index in [1.807, 2.05) is 18.7 Å². The van der Waals surface area contributed by atoms with Gasteiger partial charge in [-0.15, -0.1) is 0 Å². The highest BCUT2D eigenvalue weighted by Gasteiger charge is 2.24. The van der Waals surface area contributed by atoms with Crippen LogP contribution in [0.2, 0.25) is 0 Å². The monoisotopic (exact) mass is 332 g/mol. The third kappa shape index (κ3) is 3.33. The summed E-state index contributed by atoms with van der Waals surface area (Å²) in [4.78, 5) is 22.6. The fourth-order valence-corrected chi connectivity index (χ4v) is 3.02. The second-order valence-corrected chi connectivity index (χ2v) is 6.18. The number of methoxy groups -OCH3 is 1. The zero-order valence-electron chi connectivity index (χ0n) is 14.4. The Hall–Kier alpha value is -2.22. The number of aromatic nitrogens is 4. The minimum Gasteiger partial charge on any atom is -0.384 e. The summed E-state index contributed by atoms with van der Waals surface area (Å²) >= 11 is 0. The van der Waals surface area contributed by atoms with Gasteiger partial charge in [0.2, 0.25) is 5.91 Å². The van der Waals surface area contributed by atoms with Gasteiger partial charge in [0.1, 0.15) is 12.1 Å². The Morgan fingerprint density at radius 3 is 2.83 bits per heavy atom. The number of carbonyl (C=O) groups is 1. The molecule has 1 aliphatic rings. The number of hydrogen-bond acceptors (Lipinski definition) is 6. The van der Waals surface area contributed by atoms with Crippen LogP contribution < -0.4 is 5.32 Å². The number of nitrogens with zero attached hydrogens (tertiary/aromatic N) is 5. The number of ether oxygens (including phenoxy) is 1. The normalized spacial score (nSPS) is 15.9. The van der Waals surface area contributed by atoms with Gasteiger partial charge in [-0.3, -0.25) is 4.79 Å². The Morgan fingerprint density at radius 1 is 1.38 bits per heavy atom. The van der Waals surface area contributed by atoms with Gasteiger partial charge in [0.15, 0.2) is 0 Å². The number of piperidine rings is 1. The molecule has 8 nitrogen and oxygen atoms in total. The molecule has 130 valence electrons. The molecule has 0 aliphatic carbocycles. The molecule has 1 amide bonds. The zero-order chi connectivity index (χ0) is 17.1. The predicted octanol–water partition coefficient (Wildman–Crippen LogP) is 1.18. The van der Waals surface area contributed by atoms with E-state index >= 15 is 0 Å². The van der Waals surface area contributed by atoms with Gasteiger partial charge in [0, 0.05) is 37.5 Å². The van der Waals surface area contributed by atoms with Crippen molar-refractivity contribution in [2.45, 2.75) is 39.2 Å². The molecule has 1 fully saturated rings. The molecule has 0 atom stereocenters. The summed E-state index contributed by atoms with van der Waals surface area (Å²) in [6.07, 6.45) is 3.80. The summed E-state index contributed by atoms with van der Waals surface area (Å²) < 4.78 is 6.73. The molecule has 0 radical (unpaired) electrons. The van der Waals surface area contributed by atoms with Crippen molar-refractivity contribution in [1.82, 2.24) is 24.5 Å². The molecule has 3 heterocycles. The van der Waals surface area contributed by atoms with Gasteiger partial charge >= 0.3 is 0 Å². The molecule has 24 heavy (non-hydrogen) atoms. The summed E-state index contributed by atoms with van der Waals surface area (Å²) in [6, 6.07) is 0.310. The second kappa shape index (κ2) is 7.12. The molecule has 0 bridgehead atoms. The third-order valence-corrected chi connectivity index (χ3v) is 4.62. The molecular weight excluding hydrogens is 308 g/mol. The van der Waals surface area contributed by atoms with E-state index in [4.69, 9.17) is 4.74 Å². The van der Waals surface area contributed by atoms with E-state index in [0.29, 0.717) is 24.8 Å². The molecule has 3 rings (SSSR count). The largest absolute Gasteiger partial charge is 0.384 e. The molecule has 1 aliphatic heterocycles. The Kier molecular flexibility index (Phi) is 4.94. The SMILES string of the molecule is COCCC(=O)N1CCC(Nc2c(C)c(C)nc3ncnn23)CC1. The standard InChI is InChI=1S/C16H24N6O2/c1-11-12(2)19-16-17-10-18-22(16)15(11)20-13-4-7-21(8-5-13)14(23)6-9-24-3/h10,13,20H,4-9H2,1-3H3. The number of fused-ring (bicyclic) bond motifs is 1. The smallest absolute Gasteiger partial charge is 0.254 e. The molecule has 0 spiro atoms. The Morgan fingerprint density at radius 2 is 2.12 bits per heavy atom. The lowest BCUT2D eigenvalue weighted by Crippen LogP contribution is -2.43. The average Bonchev–Trinajstić information content (AvgIpc) is 3.05. The van der Waals surface area contributed by atoms with Gasteiger partial charge in [0.25, 0.3) is 5.78 Å². The number of hydrogen-bond donors (Lipinski definition) is 1. The molecule has 8 heteroatoms. The average molecular weight is 332 g/mol. The molecule has 2 aromatic heterocycles. The molecule has 1 N–H and O–H groups in total. The number of likely N-dealkylation sites (tertiary alicyclic amines) is 1. The fraction of sp³-hybridized carbons (Fsp3) is 0.625. The summed E-state index contributed by atoms with van der Waals surface area (Å²) in [6.45, 7) is 6.03. The molecule has 0 saturated carbocycles. The van der Waals surface area contributed by atoms with Crippen molar-refractivity contribution in [3.63, 3.8) is 0 Å². The first kappa shape index (κ1) is 16.6. The van der Waals surface area contributed by atoms with E-state index in [0.717, 1.165) is 43.0 Å². The van der Waals surface area contributed by atoms with Crippen LogP contribution in [0.1, 0.15) is 30.5 Å². The maximum Gasteiger partial charge on any atom is 0.254 e. The van der Waals surface area contributed by atoms with Gasteiger partial charge in [-0.2, -0.15) is 14.6 Å². The van der Waals surface area contributed by atoms with Crippen molar-refractivity contribution in [2.24, 2.45) is 0 Å². The first-order chi connectivity index (χ1) is 11.6. The van der Waals surface area contributed by atoms with E-state index in [9.17, 15) is 4.79 Å². The fourth-order valence-electron chi connectivity index (χ4n) is 3.02. The van der Waals surface area contributed by atoms with Crippen LogP contribution in [0.25, 0.3) is 5.78 Å². The lowest BCUT2D eigenvalue weighted by Gasteiger charge is -2.33. The van der Waals surface area contributed by atoms with Gasteiger partial charge in [-0.05, 0) is 26.7 Å². The van der Waals surface area contributed by atoms with Gasteiger partial charge < -0.3 is 15.0 Å². The highest BCUT2D eigenvalue weighted by Crippen LogP contribution is 2.22. The van der Waals surface area contributed by atoms with Crippen molar-refractivity contribution in [3.05, 3.63) is 17.6 Å². The minimum absolute atomic E-state index is 0.171. The van der Waals surface area contributed by atoms with E-state index in [2.05, 4.69) is 20.4 Å². The Labute approximate surface area is 141 Å². The van der Waals surface area contributed by atoms with Crippen LogP contribution in [-0.4, -0.2) is 63.2 Å². The van der Waals surface area contributed by atoms with Crippen molar-refractivity contribution in [3.8, 4) is 0 Å². The van der Waals surface area contributed by atoms with Crippen molar-refractivity contribution < 1.29 is 9.53 Å². The van der Waals surface area contributed by atoms with E-state index in [1.54, 1.807) is 11.6 Å². The topological polar surface area (TPSA) is 84.6 Å². The lowest BCUT2D eigenvalue weighted by molar-refractivity contribution is -0.133. The Bertz CT molecular complexity index is 721. The number of rotatable bonds is 5. The number of anilines is 1. The zero-order valence-corrected chi connectivity index (χ0v) is 14.4. The highest BCUT2D eigenvalue weighted by atomic mass is 16.5. The Balaban J connectivity index is 1.66. The quantitative estimate of drug-likeness (QED) is 0.885. The number of carbonyl (C=O) groups excluding carboxylic acids is 1. The van der Waals surface area contributed by atoms with Gasteiger partial charge in [-0.1, -0.05) is 0 Å². The van der Waals surface area contributed by atoms with Crippen molar-refractivity contribution in [1.29, 1.82) is 0 Å². The summed E-state index contributed by atoms with van der Waals surface area (Å²) in [5.74, 6) is 1.72. The van der Waals surface area contributed by atoms with Crippen molar-refractivity contribution >= 4 is 17.5 Å². The summed E-state index contributed by atoms with van der Waals surface area (Å²) in [5, 5.41) is 7.84. The lowest BCUT2D eigenvalue weighted by atomic mass is 10.0. The molecule has 0 aromatic carbocycles. The maximum atomic E-state index is 12.1. The van der Waals surface area contributed by atoms with Crippen LogP contribution >= 0.6 is 0 Å². The van der Waals surface area contributed by atoms with Crippen molar-refractivity contribution in [2.75, 3.05) is 32.1 Å². The van der Waals surface area contributed by atoms with Crippen LogP contribution in [0.5, 0.6) is 0 Å². The maximum absolute atomic E-state index is 12.1. The second-order valence-electron chi connectivity index (χ2n) is 6.18. The van der Waals surface area contributed by atoms with Crippen LogP contribution in [0.15, 0.2) is 6.33 Å². The van der Waals surface area contributed by atoms with Crippen LogP contribution in [0.3, 0.4) is 0 Å². The summed E-state index contributed by atoms with van der Waals surface area (Å²) in [7, 11) is 1.62. The molecule has 1 saturated heterocycles. The van der Waals surface area contributed by atoms with Crippen LogP contribution in [0.4, 0.5) is 5.82 Å². The molecular formula is C16H24N6O2. The number of nitrogens with one attached hydrogen (secondary N) is 1. The molecule has 0 unspecified atom stereocenters. The van der Waals surface area contributed by atoms with Gasteiger partial charge in [-0.25, -0.2) is 4.98 Å². The van der Waals surface area contributed by atoms with E-state index in [-0.39, 0.29) is 5.91 Å². The molecule has 2 aromatic rings. The van der Waals surface area contributed by atoms with Crippen LogP contribution in [0, 0.1) is 13.8 Å². The third-order valence-electron chi connectivity index (χ3n) is 4.62. The van der Waals surface area contributed by atoms with Crippen LogP contribution in [-0.2, 0) is 9.53 Å². The first-order valence-corrected chi connectivity index (χ1v) is 8.30. The summed E-state index contributed by atoms with van der Waals surface area (Å²) in [5.41, 5.74) is 2.02. The number of amides is 1. The highest BCUT2D eigenvalue weighted by molar-refractivity contribution is 5.76. The minimum atomic E-state index is 0.171. The van der Waals surface area contributed by atoms with E-state index < -0.39 is 0 Å². The first-order valence-electron chi connectivity index (χ1n) is 8.30. The van der Waals surface area contributed by atoms with Gasteiger partial charge in [0.05, 0.1) is 13.0 Å². The predicted molar refractivity (Wildman–Crippen MR) is 90.0 cm³/mol.